The molecule has 1 heterocycles. The van der Waals surface area contributed by atoms with Gasteiger partial charge in [0.2, 0.25) is 0 Å². The van der Waals surface area contributed by atoms with Crippen molar-refractivity contribution in [2.75, 3.05) is 13.7 Å². The first-order valence-electron chi connectivity index (χ1n) is 10.7. The second-order valence-corrected chi connectivity index (χ2v) is 8.50. The standard InChI is InChI=1S/C24H26BrN3O3/c1-3-31-22-14-19(25)17(13-21(22)30-2)15-26-28-23(16-9-5-4-6-10-16)27-20-12-8-7-11-18(20)24(28)29/h7-8,11-16H,3-6,9-10H2,1-2H3. The van der Waals surface area contributed by atoms with Crippen molar-refractivity contribution in [1.82, 2.24) is 9.66 Å². The van der Waals surface area contributed by atoms with Crippen LogP contribution >= 0.6 is 15.9 Å². The van der Waals surface area contributed by atoms with E-state index in [4.69, 9.17) is 14.5 Å². The molecule has 0 saturated heterocycles. The molecule has 4 rings (SSSR count). The lowest BCUT2D eigenvalue weighted by atomic mass is 9.88. The number of ether oxygens (including phenoxy) is 2. The molecule has 162 valence electrons. The highest BCUT2D eigenvalue weighted by atomic mass is 79.9. The zero-order valence-corrected chi connectivity index (χ0v) is 19.4. The lowest BCUT2D eigenvalue weighted by Gasteiger charge is -2.22. The van der Waals surface area contributed by atoms with Crippen LogP contribution in [0.15, 0.2) is 50.8 Å². The topological polar surface area (TPSA) is 65.7 Å². The number of rotatable bonds is 6. The fourth-order valence-electron chi connectivity index (χ4n) is 4.08. The molecular weight excluding hydrogens is 458 g/mol. The SMILES string of the molecule is CCOc1cc(Br)c(C=Nn2c(C3CCCCC3)nc3ccccc3c2=O)cc1OC. The van der Waals surface area contributed by atoms with Crippen molar-refractivity contribution in [2.45, 2.75) is 44.9 Å². The van der Waals surface area contributed by atoms with Gasteiger partial charge in [0.15, 0.2) is 11.5 Å². The number of nitrogens with zero attached hydrogens (tertiary/aromatic N) is 3. The molecule has 1 aliphatic rings. The minimum absolute atomic E-state index is 0.142. The molecule has 0 atom stereocenters. The number of aromatic nitrogens is 2. The molecule has 6 nitrogen and oxygen atoms in total. The van der Waals surface area contributed by atoms with E-state index in [-0.39, 0.29) is 11.5 Å². The number of para-hydroxylation sites is 1. The van der Waals surface area contributed by atoms with Crippen molar-refractivity contribution in [1.29, 1.82) is 0 Å². The Morgan fingerprint density at radius 1 is 1.19 bits per heavy atom. The highest BCUT2D eigenvalue weighted by Gasteiger charge is 2.22. The quantitative estimate of drug-likeness (QED) is 0.434. The summed E-state index contributed by atoms with van der Waals surface area (Å²) in [7, 11) is 1.60. The van der Waals surface area contributed by atoms with Gasteiger partial charge in [0.05, 0.1) is 30.8 Å². The molecule has 31 heavy (non-hydrogen) atoms. The van der Waals surface area contributed by atoms with Gasteiger partial charge in [-0.1, -0.05) is 31.4 Å². The Morgan fingerprint density at radius 2 is 1.97 bits per heavy atom. The van der Waals surface area contributed by atoms with E-state index in [1.54, 1.807) is 19.4 Å². The van der Waals surface area contributed by atoms with E-state index < -0.39 is 0 Å². The van der Waals surface area contributed by atoms with E-state index >= 15 is 0 Å². The van der Waals surface area contributed by atoms with Crippen molar-refractivity contribution in [3.63, 3.8) is 0 Å². The number of halogens is 1. The normalized spacial score (nSPS) is 14.9. The molecule has 0 bridgehead atoms. The van der Waals surface area contributed by atoms with Gasteiger partial charge in [-0.15, -0.1) is 0 Å². The Hall–Kier alpha value is -2.67. The fourth-order valence-corrected chi connectivity index (χ4v) is 4.50. The number of methoxy groups -OCH3 is 1. The van der Waals surface area contributed by atoms with Crippen molar-refractivity contribution < 1.29 is 9.47 Å². The molecular formula is C24H26BrN3O3. The lowest BCUT2D eigenvalue weighted by molar-refractivity contribution is 0.310. The molecule has 1 aromatic heterocycles. The van der Waals surface area contributed by atoms with Gasteiger partial charge in [-0.25, -0.2) is 4.98 Å². The first kappa shape index (κ1) is 21.6. The van der Waals surface area contributed by atoms with Gasteiger partial charge in [-0.05, 0) is 60.0 Å². The van der Waals surface area contributed by atoms with Crippen LogP contribution in [0, 0.1) is 0 Å². The first-order chi connectivity index (χ1) is 15.1. The van der Waals surface area contributed by atoms with Gasteiger partial charge < -0.3 is 9.47 Å². The second-order valence-electron chi connectivity index (χ2n) is 7.64. The molecule has 2 aromatic carbocycles. The maximum absolute atomic E-state index is 13.3. The van der Waals surface area contributed by atoms with Crippen LogP contribution in [0.25, 0.3) is 10.9 Å². The smallest absolute Gasteiger partial charge is 0.282 e. The Kier molecular flexibility index (Phi) is 6.70. The molecule has 1 saturated carbocycles. The molecule has 1 fully saturated rings. The number of hydrogen-bond acceptors (Lipinski definition) is 5. The van der Waals surface area contributed by atoms with Crippen molar-refractivity contribution in [3.05, 3.63) is 62.6 Å². The maximum Gasteiger partial charge on any atom is 0.282 e. The van der Waals surface area contributed by atoms with Gasteiger partial charge in [0.25, 0.3) is 5.56 Å². The van der Waals surface area contributed by atoms with Crippen LogP contribution in [0.2, 0.25) is 0 Å². The second kappa shape index (κ2) is 9.64. The maximum atomic E-state index is 13.3. The van der Waals surface area contributed by atoms with Gasteiger partial charge in [0, 0.05) is 16.0 Å². The van der Waals surface area contributed by atoms with Gasteiger partial charge >= 0.3 is 0 Å². The molecule has 0 spiro atoms. The Balaban J connectivity index is 1.81. The highest BCUT2D eigenvalue weighted by Crippen LogP contribution is 2.34. The summed E-state index contributed by atoms with van der Waals surface area (Å²) in [5, 5.41) is 5.18. The largest absolute Gasteiger partial charge is 0.493 e. The first-order valence-corrected chi connectivity index (χ1v) is 11.5. The predicted molar refractivity (Wildman–Crippen MR) is 127 cm³/mol. The summed E-state index contributed by atoms with van der Waals surface area (Å²) in [6, 6.07) is 11.2. The molecule has 1 aliphatic carbocycles. The molecule has 0 radical (unpaired) electrons. The summed E-state index contributed by atoms with van der Waals surface area (Å²) in [5.41, 5.74) is 1.37. The third kappa shape index (κ3) is 4.51. The van der Waals surface area contributed by atoms with E-state index in [1.807, 2.05) is 37.3 Å². The summed E-state index contributed by atoms with van der Waals surface area (Å²) >= 11 is 3.58. The minimum Gasteiger partial charge on any atom is -0.493 e. The number of fused-ring (bicyclic) bond motifs is 1. The summed E-state index contributed by atoms with van der Waals surface area (Å²) in [6.45, 7) is 2.47. The average molecular weight is 484 g/mol. The van der Waals surface area contributed by atoms with Crippen LogP contribution in [-0.4, -0.2) is 29.6 Å². The zero-order chi connectivity index (χ0) is 21.8. The average Bonchev–Trinajstić information content (AvgIpc) is 2.80. The van der Waals surface area contributed by atoms with Gasteiger partial charge in [-0.2, -0.15) is 9.78 Å². The van der Waals surface area contributed by atoms with Crippen LogP contribution < -0.4 is 15.0 Å². The number of hydrogen-bond donors (Lipinski definition) is 0. The van der Waals surface area contributed by atoms with Crippen molar-refractivity contribution >= 4 is 33.0 Å². The van der Waals surface area contributed by atoms with E-state index in [1.165, 1.54) is 11.1 Å². The monoisotopic (exact) mass is 483 g/mol. The van der Waals surface area contributed by atoms with Crippen LogP contribution in [0.1, 0.15) is 56.3 Å². The molecule has 0 N–H and O–H groups in total. The molecule has 0 amide bonds. The van der Waals surface area contributed by atoms with Gasteiger partial charge in [0.1, 0.15) is 5.82 Å². The van der Waals surface area contributed by atoms with Crippen LogP contribution in [0.3, 0.4) is 0 Å². The predicted octanol–water partition coefficient (Wildman–Crippen LogP) is 5.50. The van der Waals surface area contributed by atoms with Crippen molar-refractivity contribution in [3.8, 4) is 11.5 Å². The van der Waals surface area contributed by atoms with Crippen LogP contribution in [0.4, 0.5) is 0 Å². The highest BCUT2D eigenvalue weighted by molar-refractivity contribution is 9.10. The van der Waals surface area contributed by atoms with E-state index in [0.717, 1.165) is 47.1 Å². The Morgan fingerprint density at radius 3 is 2.71 bits per heavy atom. The molecule has 3 aromatic rings. The molecule has 0 aliphatic heterocycles. The molecule has 0 unspecified atom stereocenters. The third-order valence-electron chi connectivity index (χ3n) is 5.64. The number of benzene rings is 2. The van der Waals surface area contributed by atoms with Gasteiger partial charge in [-0.3, -0.25) is 4.79 Å². The fraction of sp³-hybridized carbons (Fsp3) is 0.375. The van der Waals surface area contributed by atoms with E-state index in [2.05, 4.69) is 21.0 Å². The minimum atomic E-state index is -0.142. The van der Waals surface area contributed by atoms with Crippen LogP contribution in [-0.2, 0) is 0 Å². The zero-order valence-electron chi connectivity index (χ0n) is 17.8. The Bertz CT molecular complexity index is 1170. The Labute approximate surface area is 190 Å². The summed E-state index contributed by atoms with van der Waals surface area (Å²) in [6.07, 6.45) is 7.27. The van der Waals surface area contributed by atoms with Crippen molar-refractivity contribution in [2.24, 2.45) is 5.10 Å². The van der Waals surface area contributed by atoms with E-state index in [9.17, 15) is 4.79 Å². The van der Waals surface area contributed by atoms with E-state index in [0.29, 0.717) is 23.5 Å². The molecule has 7 heteroatoms. The lowest BCUT2D eigenvalue weighted by Crippen LogP contribution is -2.25. The summed E-state index contributed by atoms with van der Waals surface area (Å²) in [5.74, 6) is 2.25. The summed E-state index contributed by atoms with van der Waals surface area (Å²) < 4.78 is 13.4. The summed E-state index contributed by atoms with van der Waals surface area (Å²) in [4.78, 5) is 18.2. The third-order valence-corrected chi connectivity index (χ3v) is 6.33. The van der Waals surface area contributed by atoms with Crippen LogP contribution in [0.5, 0.6) is 11.5 Å².